The molecule has 0 N–H and O–H groups in total. The van der Waals surface area contributed by atoms with Crippen molar-refractivity contribution in [2.75, 3.05) is 13.2 Å². The van der Waals surface area contributed by atoms with Crippen molar-refractivity contribution in [2.45, 2.75) is 56.8 Å². The highest BCUT2D eigenvalue weighted by molar-refractivity contribution is 7.90. The average molecular weight is 532 g/mol. The molecule has 0 saturated carbocycles. The fraction of sp³-hybridized carbons (Fsp3) is 0.407. The molecule has 1 aliphatic rings. The van der Waals surface area contributed by atoms with E-state index in [-0.39, 0.29) is 41.7 Å². The molecule has 198 valence electrons. The molecular weight excluding hydrogens is 500 g/mol. The summed E-state index contributed by atoms with van der Waals surface area (Å²) in [5.74, 6) is -1.74. The second kappa shape index (κ2) is 11.5. The summed E-state index contributed by atoms with van der Waals surface area (Å²) in [6.07, 6.45) is 2.90. The lowest BCUT2D eigenvalue weighted by atomic mass is 10.1. The van der Waals surface area contributed by atoms with Crippen molar-refractivity contribution >= 4 is 15.7 Å². The van der Waals surface area contributed by atoms with Crippen LogP contribution in [0.3, 0.4) is 0 Å². The zero-order valence-corrected chi connectivity index (χ0v) is 21.8. The van der Waals surface area contributed by atoms with Crippen LogP contribution in [0.4, 0.5) is 8.78 Å². The maximum atomic E-state index is 14.3. The predicted molar refractivity (Wildman–Crippen MR) is 134 cm³/mol. The Morgan fingerprint density at radius 1 is 1.16 bits per heavy atom. The van der Waals surface area contributed by atoms with Gasteiger partial charge >= 0.3 is 0 Å². The van der Waals surface area contributed by atoms with Gasteiger partial charge < -0.3 is 14.2 Å². The Hall–Kier alpha value is -3.11. The SMILES string of the molecule is CC(C)CN(Cc1cnc(S(=O)(=O)Cc2ccccc2F)n1C[C@H]1CCCO1)C(=O)c1ccc(F)cc1. The average Bonchev–Trinajstić information content (AvgIpc) is 3.51. The molecule has 2 aromatic carbocycles. The zero-order valence-electron chi connectivity index (χ0n) is 20.9. The lowest BCUT2D eigenvalue weighted by molar-refractivity contribution is 0.0711. The quantitative estimate of drug-likeness (QED) is 0.382. The van der Waals surface area contributed by atoms with Crippen molar-refractivity contribution in [3.8, 4) is 0 Å². The van der Waals surface area contributed by atoms with Gasteiger partial charge in [0.2, 0.25) is 15.0 Å². The van der Waals surface area contributed by atoms with Crippen molar-refractivity contribution in [1.29, 1.82) is 0 Å². The Kier molecular flexibility index (Phi) is 8.39. The first-order chi connectivity index (χ1) is 17.6. The van der Waals surface area contributed by atoms with Crippen LogP contribution in [-0.4, -0.2) is 48.0 Å². The number of rotatable bonds is 10. The van der Waals surface area contributed by atoms with Gasteiger partial charge in [-0.25, -0.2) is 22.2 Å². The van der Waals surface area contributed by atoms with Gasteiger partial charge in [0.1, 0.15) is 11.6 Å². The van der Waals surface area contributed by atoms with Crippen LogP contribution in [0.5, 0.6) is 0 Å². The molecule has 1 atom stereocenters. The molecule has 7 nitrogen and oxygen atoms in total. The molecular formula is C27H31F2N3O4S. The number of hydrogen-bond donors (Lipinski definition) is 0. The molecule has 0 aliphatic carbocycles. The van der Waals surface area contributed by atoms with E-state index < -0.39 is 27.2 Å². The summed E-state index contributed by atoms with van der Waals surface area (Å²) < 4.78 is 61.8. The summed E-state index contributed by atoms with van der Waals surface area (Å²) in [7, 11) is -4.01. The van der Waals surface area contributed by atoms with Gasteiger partial charge in [0, 0.05) is 24.3 Å². The van der Waals surface area contributed by atoms with Crippen LogP contribution in [0.1, 0.15) is 48.3 Å². The van der Waals surface area contributed by atoms with Gasteiger partial charge in [0.05, 0.1) is 36.8 Å². The molecule has 4 rings (SSSR count). The molecule has 1 saturated heterocycles. The Balaban J connectivity index is 1.68. The van der Waals surface area contributed by atoms with Crippen molar-refractivity contribution in [3.05, 3.63) is 83.2 Å². The zero-order chi connectivity index (χ0) is 26.6. The molecule has 1 amide bonds. The number of imidazole rings is 1. The highest BCUT2D eigenvalue weighted by Crippen LogP contribution is 2.24. The number of benzene rings is 2. The third kappa shape index (κ3) is 6.61. The smallest absolute Gasteiger partial charge is 0.254 e. The van der Waals surface area contributed by atoms with E-state index in [4.69, 9.17) is 4.74 Å². The van der Waals surface area contributed by atoms with E-state index in [0.29, 0.717) is 24.4 Å². The van der Waals surface area contributed by atoms with Gasteiger partial charge in [-0.15, -0.1) is 0 Å². The minimum atomic E-state index is -4.01. The van der Waals surface area contributed by atoms with Crippen LogP contribution in [0.15, 0.2) is 59.9 Å². The van der Waals surface area contributed by atoms with Crippen LogP contribution in [0, 0.1) is 17.6 Å². The summed E-state index contributed by atoms with van der Waals surface area (Å²) in [5.41, 5.74) is 0.919. The van der Waals surface area contributed by atoms with Crippen LogP contribution >= 0.6 is 0 Å². The second-order valence-corrected chi connectivity index (χ2v) is 11.6. The monoisotopic (exact) mass is 531 g/mol. The third-order valence-electron chi connectivity index (χ3n) is 6.21. The van der Waals surface area contributed by atoms with E-state index in [9.17, 15) is 22.0 Å². The molecule has 3 aromatic rings. The van der Waals surface area contributed by atoms with E-state index in [1.54, 1.807) is 15.5 Å². The van der Waals surface area contributed by atoms with Crippen molar-refractivity contribution in [2.24, 2.45) is 5.92 Å². The molecule has 37 heavy (non-hydrogen) atoms. The van der Waals surface area contributed by atoms with E-state index in [0.717, 1.165) is 12.8 Å². The minimum Gasteiger partial charge on any atom is -0.376 e. The number of aromatic nitrogens is 2. The molecule has 10 heteroatoms. The van der Waals surface area contributed by atoms with Crippen molar-refractivity contribution in [3.63, 3.8) is 0 Å². The van der Waals surface area contributed by atoms with E-state index >= 15 is 0 Å². The molecule has 1 aliphatic heterocycles. The molecule has 0 unspecified atom stereocenters. The lowest BCUT2D eigenvalue weighted by Gasteiger charge is -2.26. The first-order valence-electron chi connectivity index (χ1n) is 12.3. The summed E-state index contributed by atoms with van der Waals surface area (Å²) in [4.78, 5) is 19.2. The van der Waals surface area contributed by atoms with Crippen LogP contribution in [-0.2, 0) is 33.4 Å². The Morgan fingerprint density at radius 2 is 1.89 bits per heavy atom. The number of sulfone groups is 1. The molecule has 2 heterocycles. The molecule has 1 aromatic heterocycles. The number of halogens is 2. The standard InChI is InChI=1S/C27H31F2N3O4S/c1-19(2)15-31(26(33)20-9-11-22(28)12-10-20)16-23-14-30-27(32(23)17-24-7-5-13-36-24)37(34,35)18-21-6-3-4-8-25(21)29/h3-4,6,8-12,14,19,24H,5,7,13,15-18H2,1-2H3/t24-/m1/s1. The molecule has 0 radical (unpaired) electrons. The molecule has 0 spiro atoms. The van der Waals surface area contributed by atoms with E-state index in [1.807, 2.05) is 13.8 Å². The Labute approximate surface area is 216 Å². The van der Waals surface area contributed by atoms with Gasteiger partial charge in [-0.05, 0) is 49.1 Å². The summed E-state index contributed by atoms with van der Waals surface area (Å²) in [6, 6.07) is 11.1. The highest BCUT2D eigenvalue weighted by atomic mass is 32.2. The summed E-state index contributed by atoms with van der Waals surface area (Å²) in [5, 5.41) is -0.181. The minimum absolute atomic E-state index is 0.0589. The van der Waals surface area contributed by atoms with Crippen molar-refractivity contribution in [1.82, 2.24) is 14.5 Å². The largest absolute Gasteiger partial charge is 0.376 e. The van der Waals surface area contributed by atoms with Gasteiger partial charge in [-0.2, -0.15) is 0 Å². The summed E-state index contributed by atoms with van der Waals surface area (Å²) in [6.45, 7) is 5.29. The number of ether oxygens (including phenoxy) is 1. The lowest BCUT2D eigenvalue weighted by Crippen LogP contribution is -2.35. The van der Waals surface area contributed by atoms with Crippen LogP contribution in [0.25, 0.3) is 0 Å². The summed E-state index contributed by atoms with van der Waals surface area (Å²) >= 11 is 0. The fourth-order valence-corrected chi connectivity index (χ4v) is 5.98. The number of amides is 1. The number of nitrogens with zero attached hydrogens (tertiary/aromatic N) is 3. The van der Waals surface area contributed by atoms with Crippen molar-refractivity contribution < 1.29 is 26.7 Å². The molecule has 1 fully saturated rings. The van der Waals surface area contributed by atoms with Gasteiger partial charge in [-0.1, -0.05) is 32.0 Å². The topological polar surface area (TPSA) is 81.5 Å². The Morgan fingerprint density at radius 3 is 2.54 bits per heavy atom. The highest BCUT2D eigenvalue weighted by Gasteiger charge is 2.29. The van der Waals surface area contributed by atoms with Crippen LogP contribution < -0.4 is 0 Å². The maximum absolute atomic E-state index is 14.3. The Bertz CT molecular complexity index is 1330. The van der Waals surface area contributed by atoms with E-state index in [1.165, 1.54) is 48.7 Å². The first-order valence-corrected chi connectivity index (χ1v) is 14.0. The predicted octanol–water partition coefficient (Wildman–Crippen LogP) is 4.61. The van der Waals surface area contributed by atoms with Gasteiger partial charge in [0.25, 0.3) is 5.91 Å². The van der Waals surface area contributed by atoms with Gasteiger partial charge in [0.15, 0.2) is 0 Å². The molecule has 0 bridgehead atoms. The normalized spacial score (nSPS) is 15.9. The number of carbonyl (C=O) groups excluding carboxylic acids is 1. The van der Waals surface area contributed by atoms with Crippen LogP contribution in [0.2, 0.25) is 0 Å². The van der Waals surface area contributed by atoms with Gasteiger partial charge in [-0.3, -0.25) is 4.79 Å². The fourth-order valence-electron chi connectivity index (χ4n) is 4.47. The van der Waals surface area contributed by atoms with E-state index in [2.05, 4.69) is 4.98 Å². The first kappa shape index (κ1) is 26.9. The number of carbonyl (C=O) groups is 1. The third-order valence-corrected chi connectivity index (χ3v) is 7.78. The number of hydrogen-bond acceptors (Lipinski definition) is 5. The second-order valence-electron chi connectivity index (χ2n) is 9.71. The maximum Gasteiger partial charge on any atom is 0.254 e.